The Morgan fingerprint density at radius 1 is 1.23 bits per heavy atom. The summed E-state index contributed by atoms with van der Waals surface area (Å²) in [7, 11) is 3.39. The van der Waals surface area contributed by atoms with Gasteiger partial charge in [-0.1, -0.05) is 11.6 Å². The van der Waals surface area contributed by atoms with E-state index in [1.54, 1.807) is 44.7 Å². The minimum Gasteiger partial charge on any atom is -0.495 e. The normalized spacial score (nSPS) is 22.5. The third-order valence-corrected chi connectivity index (χ3v) is 6.57. The first-order valence-electron chi connectivity index (χ1n) is 10.6. The lowest BCUT2D eigenvalue weighted by Gasteiger charge is -2.42. The molecule has 31 heavy (non-hydrogen) atoms. The molecular weight excluding hydrogens is 416 g/mol. The highest BCUT2D eigenvalue weighted by Gasteiger charge is 2.50. The Bertz CT molecular complexity index is 887. The molecule has 4 rings (SSSR count). The van der Waals surface area contributed by atoms with Gasteiger partial charge in [0.2, 0.25) is 0 Å². The van der Waals surface area contributed by atoms with Crippen molar-refractivity contribution in [2.24, 2.45) is 0 Å². The van der Waals surface area contributed by atoms with E-state index in [0.29, 0.717) is 10.7 Å². The molecule has 0 bridgehead atoms. The zero-order chi connectivity index (χ0) is 21.8. The maximum atomic E-state index is 12.7. The van der Waals surface area contributed by atoms with Gasteiger partial charge in [-0.3, -0.25) is 9.88 Å². The van der Waals surface area contributed by atoms with E-state index >= 15 is 0 Å². The lowest BCUT2D eigenvalue weighted by atomic mass is 9.87. The second-order valence-corrected chi connectivity index (χ2v) is 8.77. The van der Waals surface area contributed by atoms with Crippen molar-refractivity contribution in [1.29, 1.82) is 0 Å². The lowest BCUT2D eigenvalue weighted by molar-refractivity contribution is 0.0479. The number of urea groups is 1. The first-order valence-corrected chi connectivity index (χ1v) is 11.0. The monoisotopic (exact) mass is 444 g/mol. The Morgan fingerprint density at radius 3 is 2.61 bits per heavy atom. The number of nitrogens with zero attached hydrogens (tertiary/aromatic N) is 2. The number of halogens is 1. The van der Waals surface area contributed by atoms with Crippen LogP contribution in [0.3, 0.4) is 0 Å². The fourth-order valence-electron chi connectivity index (χ4n) is 4.42. The van der Waals surface area contributed by atoms with Crippen LogP contribution in [0.4, 0.5) is 10.5 Å². The van der Waals surface area contributed by atoms with Crippen LogP contribution in [0.5, 0.6) is 5.75 Å². The van der Waals surface area contributed by atoms with Crippen LogP contribution in [0.2, 0.25) is 5.02 Å². The van der Waals surface area contributed by atoms with Gasteiger partial charge in [-0.15, -0.1) is 0 Å². The molecule has 1 aliphatic heterocycles. The second kappa shape index (κ2) is 9.42. The number of aromatic nitrogens is 1. The first kappa shape index (κ1) is 21.9. The van der Waals surface area contributed by atoms with Gasteiger partial charge in [0.05, 0.1) is 19.9 Å². The van der Waals surface area contributed by atoms with Gasteiger partial charge >= 0.3 is 6.03 Å². The molecule has 1 saturated carbocycles. The summed E-state index contributed by atoms with van der Waals surface area (Å²) >= 11 is 5.93. The highest BCUT2D eigenvalue weighted by atomic mass is 35.5. The van der Waals surface area contributed by atoms with Crippen molar-refractivity contribution in [2.75, 3.05) is 39.2 Å². The summed E-state index contributed by atoms with van der Waals surface area (Å²) < 4.78 is 10.8. The van der Waals surface area contributed by atoms with Gasteiger partial charge in [0.1, 0.15) is 5.75 Å². The quantitative estimate of drug-likeness (QED) is 0.677. The minimum absolute atomic E-state index is 0.0252. The van der Waals surface area contributed by atoms with E-state index in [1.165, 1.54) is 0 Å². The molecule has 2 N–H and O–H groups in total. The largest absolute Gasteiger partial charge is 0.495 e. The van der Waals surface area contributed by atoms with Gasteiger partial charge in [0.15, 0.2) is 0 Å². The van der Waals surface area contributed by atoms with E-state index in [-0.39, 0.29) is 23.5 Å². The number of carbonyl (C=O) groups excluding carboxylic acids is 1. The molecule has 2 aliphatic rings. The molecule has 1 saturated heterocycles. The number of nitrogens with one attached hydrogen (secondary N) is 2. The zero-order valence-electron chi connectivity index (χ0n) is 17.9. The number of likely N-dealkylation sites (tertiary alicyclic amines) is 1. The van der Waals surface area contributed by atoms with Gasteiger partial charge in [0, 0.05) is 54.1 Å². The number of pyridine rings is 1. The molecule has 166 valence electrons. The molecule has 0 radical (unpaired) electrons. The van der Waals surface area contributed by atoms with E-state index in [0.717, 1.165) is 50.4 Å². The van der Waals surface area contributed by atoms with Gasteiger partial charge < -0.3 is 20.1 Å². The molecule has 2 amide bonds. The number of ether oxygens (including phenoxy) is 2. The highest BCUT2D eigenvalue weighted by Crippen LogP contribution is 2.45. The number of rotatable bonds is 7. The third-order valence-electron chi connectivity index (χ3n) is 6.32. The van der Waals surface area contributed by atoms with Gasteiger partial charge in [0.25, 0.3) is 0 Å². The van der Waals surface area contributed by atoms with Crippen molar-refractivity contribution in [3.8, 4) is 5.75 Å². The molecule has 2 aromatic rings. The Kier molecular flexibility index (Phi) is 6.65. The topological polar surface area (TPSA) is 75.7 Å². The molecular formula is C23H29ClN4O3. The third kappa shape index (κ3) is 5.11. The predicted molar refractivity (Wildman–Crippen MR) is 121 cm³/mol. The molecule has 7 nitrogen and oxygen atoms in total. The van der Waals surface area contributed by atoms with Gasteiger partial charge in [-0.05, 0) is 55.7 Å². The zero-order valence-corrected chi connectivity index (χ0v) is 18.7. The molecule has 0 unspecified atom stereocenters. The summed E-state index contributed by atoms with van der Waals surface area (Å²) in [4.78, 5) is 19.9. The fourth-order valence-corrected chi connectivity index (χ4v) is 4.55. The van der Waals surface area contributed by atoms with Crippen LogP contribution in [0.25, 0.3) is 0 Å². The molecule has 2 fully saturated rings. The van der Waals surface area contributed by atoms with E-state index in [2.05, 4.69) is 20.5 Å². The molecule has 2 atom stereocenters. The summed E-state index contributed by atoms with van der Waals surface area (Å²) in [5.41, 5.74) is 1.79. The summed E-state index contributed by atoms with van der Waals surface area (Å²) in [6.45, 7) is 2.49. The SMILES string of the molecule is COCC1(N2CC[C@@H](NC(=O)Nc3ccc(Cl)cc3)[C@H](c3ccc(OC)cn3)C2)CC1. The number of anilines is 1. The summed E-state index contributed by atoms with van der Waals surface area (Å²) in [6, 6.07) is 10.8. The van der Waals surface area contributed by atoms with Crippen LogP contribution in [0, 0.1) is 0 Å². The molecule has 1 aromatic heterocycles. The van der Waals surface area contributed by atoms with Crippen LogP contribution in [0.1, 0.15) is 30.9 Å². The van der Waals surface area contributed by atoms with E-state index in [4.69, 9.17) is 21.1 Å². The van der Waals surface area contributed by atoms with Crippen LogP contribution >= 0.6 is 11.6 Å². The number of amides is 2. The Balaban J connectivity index is 1.49. The maximum absolute atomic E-state index is 12.7. The fraction of sp³-hybridized carbons (Fsp3) is 0.478. The number of carbonyl (C=O) groups is 1. The Labute approximate surface area is 188 Å². The summed E-state index contributed by atoms with van der Waals surface area (Å²) in [5.74, 6) is 0.796. The average molecular weight is 445 g/mol. The van der Waals surface area contributed by atoms with Crippen LogP contribution in [0.15, 0.2) is 42.6 Å². The number of methoxy groups -OCH3 is 2. The molecule has 1 aliphatic carbocycles. The summed E-state index contributed by atoms with van der Waals surface area (Å²) in [5, 5.41) is 6.70. The van der Waals surface area contributed by atoms with Crippen molar-refractivity contribution in [1.82, 2.24) is 15.2 Å². The van der Waals surface area contributed by atoms with Crippen LogP contribution in [-0.2, 0) is 4.74 Å². The van der Waals surface area contributed by atoms with Crippen molar-refractivity contribution >= 4 is 23.3 Å². The number of hydrogen-bond acceptors (Lipinski definition) is 5. The highest BCUT2D eigenvalue weighted by molar-refractivity contribution is 6.30. The van der Waals surface area contributed by atoms with Crippen LogP contribution < -0.4 is 15.4 Å². The minimum atomic E-state index is -0.225. The van der Waals surface area contributed by atoms with E-state index in [1.807, 2.05) is 12.1 Å². The van der Waals surface area contributed by atoms with Crippen LogP contribution in [-0.4, -0.2) is 61.4 Å². The maximum Gasteiger partial charge on any atom is 0.319 e. The first-order chi connectivity index (χ1) is 15.0. The molecule has 8 heteroatoms. The van der Waals surface area contributed by atoms with E-state index < -0.39 is 0 Å². The lowest BCUT2D eigenvalue weighted by Crippen LogP contribution is -2.55. The number of piperidine rings is 1. The second-order valence-electron chi connectivity index (χ2n) is 8.33. The standard InChI is InChI=1S/C23H29ClN4O3/c1-30-15-23(10-11-23)28-12-9-21(19(14-28)20-8-7-18(31-2)13-25-20)27-22(29)26-17-5-3-16(24)4-6-17/h3-8,13,19,21H,9-12,14-15H2,1-2H3,(H2,26,27,29)/t19-,21+/m0/s1. The van der Waals surface area contributed by atoms with Gasteiger partial charge in [-0.2, -0.15) is 0 Å². The van der Waals surface area contributed by atoms with E-state index in [9.17, 15) is 4.79 Å². The summed E-state index contributed by atoms with van der Waals surface area (Å²) in [6.07, 6.45) is 4.89. The molecule has 2 heterocycles. The van der Waals surface area contributed by atoms with Crippen molar-refractivity contribution in [3.05, 3.63) is 53.3 Å². The molecule has 1 aromatic carbocycles. The number of benzene rings is 1. The average Bonchev–Trinajstić information content (AvgIpc) is 3.56. The van der Waals surface area contributed by atoms with Crippen molar-refractivity contribution < 1.29 is 14.3 Å². The van der Waals surface area contributed by atoms with Gasteiger partial charge in [-0.25, -0.2) is 4.79 Å². The smallest absolute Gasteiger partial charge is 0.319 e. The number of hydrogen-bond donors (Lipinski definition) is 2. The molecule has 0 spiro atoms. The predicted octanol–water partition coefficient (Wildman–Crippen LogP) is 3.90. The van der Waals surface area contributed by atoms with Crippen molar-refractivity contribution in [2.45, 2.75) is 36.8 Å². The Morgan fingerprint density at radius 2 is 2.00 bits per heavy atom. The Hall–Kier alpha value is -2.35. The van der Waals surface area contributed by atoms with Crippen molar-refractivity contribution in [3.63, 3.8) is 0 Å².